The molecular weight excluding hydrogens is 188 g/mol. The maximum absolute atomic E-state index is 12.0. The molecule has 0 bridgehead atoms. The van der Waals surface area contributed by atoms with Gasteiger partial charge in [-0.05, 0) is 38.6 Å². The minimum Gasteiger partial charge on any atom is -0.349 e. The molecule has 1 aliphatic rings. The number of nitrogens with one attached hydrogen (secondary N) is 2. The molecule has 0 spiro atoms. The summed E-state index contributed by atoms with van der Waals surface area (Å²) in [5.74, 6) is 0.193. The molecule has 0 aromatic carbocycles. The van der Waals surface area contributed by atoms with Crippen molar-refractivity contribution in [3.05, 3.63) is 0 Å². The normalized spacial score (nSPS) is 21.7. The second kappa shape index (κ2) is 5.50. The van der Waals surface area contributed by atoms with Gasteiger partial charge in [-0.3, -0.25) is 4.79 Å². The Kier molecular flexibility index (Phi) is 4.58. The predicted octanol–water partition coefficient (Wildman–Crippen LogP) is 1.82. The molecule has 2 N–H and O–H groups in total. The van der Waals surface area contributed by atoms with Gasteiger partial charge in [-0.1, -0.05) is 20.8 Å². The highest BCUT2D eigenvalue weighted by molar-refractivity contribution is 5.82. The third-order valence-corrected chi connectivity index (χ3v) is 3.80. The maximum Gasteiger partial charge on any atom is 0.237 e. The highest BCUT2D eigenvalue weighted by atomic mass is 16.2. The fourth-order valence-corrected chi connectivity index (χ4v) is 2.27. The van der Waals surface area contributed by atoms with E-state index in [1.54, 1.807) is 0 Å². The summed E-state index contributed by atoms with van der Waals surface area (Å²) in [5, 5.41) is 6.46. The van der Waals surface area contributed by atoms with E-state index in [-0.39, 0.29) is 17.5 Å². The predicted molar refractivity (Wildman–Crippen MR) is 62.8 cm³/mol. The zero-order valence-electron chi connectivity index (χ0n) is 10.2. The summed E-state index contributed by atoms with van der Waals surface area (Å²) < 4.78 is 0. The molecule has 1 saturated heterocycles. The molecular formula is C12H24N2O. The van der Waals surface area contributed by atoms with Gasteiger partial charge in [0.25, 0.3) is 0 Å². The minimum atomic E-state index is 0.0152. The summed E-state index contributed by atoms with van der Waals surface area (Å²) in [6, 6.07) is 0.0500. The van der Waals surface area contributed by atoms with Crippen LogP contribution in [0.25, 0.3) is 0 Å². The van der Waals surface area contributed by atoms with E-state index in [2.05, 4.69) is 31.4 Å². The lowest BCUT2D eigenvalue weighted by atomic mass is 9.89. The third kappa shape index (κ3) is 2.94. The number of carbonyl (C=O) groups is 1. The standard InChI is InChI=1S/C12H24N2O/c1-4-12(5-2,6-3)14-11(15)10-8-7-9-13-10/h10,13H,4-9H2,1-3H3,(H,14,15)/t10-/m0/s1. The first-order valence-electron chi connectivity index (χ1n) is 6.23. The van der Waals surface area contributed by atoms with Gasteiger partial charge in [0.1, 0.15) is 0 Å². The van der Waals surface area contributed by atoms with Gasteiger partial charge in [-0.25, -0.2) is 0 Å². The fourth-order valence-electron chi connectivity index (χ4n) is 2.27. The van der Waals surface area contributed by atoms with Crippen LogP contribution in [-0.2, 0) is 4.79 Å². The zero-order chi connectivity index (χ0) is 11.3. The quantitative estimate of drug-likeness (QED) is 0.730. The van der Waals surface area contributed by atoms with E-state index in [4.69, 9.17) is 0 Å². The van der Waals surface area contributed by atoms with Crippen LogP contribution in [0.5, 0.6) is 0 Å². The highest BCUT2D eigenvalue weighted by Crippen LogP contribution is 2.20. The molecule has 0 aromatic rings. The number of hydrogen-bond donors (Lipinski definition) is 2. The maximum atomic E-state index is 12.0. The Hall–Kier alpha value is -0.570. The molecule has 0 aromatic heterocycles. The average Bonchev–Trinajstić information content (AvgIpc) is 2.79. The van der Waals surface area contributed by atoms with Crippen LogP contribution in [0.1, 0.15) is 52.9 Å². The van der Waals surface area contributed by atoms with Crippen LogP contribution < -0.4 is 10.6 Å². The molecule has 0 radical (unpaired) electrons. The second-order valence-corrected chi connectivity index (χ2v) is 4.48. The molecule has 1 rings (SSSR count). The van der Waals surface area contributed by atoms with E-state index in [0.717, 1.165) is 38.6 Å². The third-order valence-electron chi connectivity index (χ3n) is 3.80. The Labute approximate surface area is 93.0 Å². The molecule has 1 heterocycles. The second-order valence-electron chi connectivity index (χ2n) is 4.48. The molecule has 15 heavy (non-hydrogen) atoms. The van der Waals surface area contributed by atoms with Gasteiger partial charge in [0.2, 0.25) is 5.91 Å². The molecule has 1 fully saturated rings. The van der Waals surface area contributed by atoms with Gasteiger partial charge in [-0.2, -0.15) is 0 Å². The van der Waals surface area contributed by atoms with Gasteiger partial charge < -0.3 is 10.6 Å². The van der Waals surface area contributed by atoms with Crippen molar-refractivity contribution in [3.63, 3.8) is 0 Å². The van der Waals surface area contributed by atoms with Crippen LogP contribution in [0, 0.1) is 0 Å². The Morgan fingerprint density at radius 3 is 2.33 bits per heavy atom. The number of hydrogen-bond acceptors (Lipinski definition) is 2. The first-order chi connectivity index (χ1) is 7.17. The summed E-state index contributed by atoms with van der Waals surface area (Å²) in [6.45, 7) is 7.43. The zero-order valence-corrected chi connectivity index (χ0v) is 10.2. The summed E-state index contributed by atoms with van der Waals surface area (Å²) in [7, 11) is 0. The van der Waals surface area contributed by atoms with Crippen molar-refractivity contribution in [1.29, 1.82) is 0 Å². The first kappa shape index (κ1) is 12.5. The van der Waals surface area contributed by atoms with Gasteiger partial charge in [-0.15, -0.1) is 0 Å². The molecule has 0 unspecified atom stereocenters. The van der Waals surface area contributed by atoms with E-state index in [1.165, 1.54) is 0 Å². The van der Waals surface area contributed by atoms with Crippen LogP contribution in [0.3, 0.4) is 0 Å². The van der Waals surface area contributed by atoms with Gasteiger partial charge in [0, 0.05) is 5.54 Å². The van der Waals surface area contributed by atoms with E-state index in [9.17, 15) is 4.79 Å². The lowest BCUT2D eigenvalue weighted by molar-refractivity contribution is -0.125. The van der Waals surface area contributed by atoms with Crippen LogP contribution in [0.15, 0.2) is 0 Å². The fraction of sp³-hybridized carbons (Fsp3) is 0.917. The molecule has 3 nitrogen and oxygen atoms in total. The molecule has 0 aliphatic carbocycles. The van der Waals surface area contributed by atoms with Gasteiger partial charge >= 0.3 is 0 Å². The van der Waals surface area contributed by atoms with Crippen LogP contribution >= 0.6 is 0 Å². The molecule has 1 amide bonds. The van der Waals surface area contributed by atoms with E-state index < -0.39 is 0 Å². The van der Waals surface area contributed by atoms with E-state index in [1.807, 2.05) is 0 Å². The van der Waals surface area contributed by atoms with Crippen molar-refractivity contribution in [2.45, 2.75) is 64.5 Å². The molecule has 3 heteroatoms. The monoisotopic (exact) mass is 212 g/mol. The van der Waals surface area contributed by atoms with E-state index >= 15 is 0 Å². The summed E-state index contributed by atoms with van der Waals surface area (Å²) in [5.41, 5.74) is 0.0152. The smallest absolute Gasteiger partial charge is 0.237 e. The Balaban J connectivity index is 2.53. The minimum absolute atomic E-state index is 0.0152. The molecule has 0 saturated carbocycles. The molecule has 1 atom stereocenters. The average molecular weight is 212 g/mol. The highest BCUT2D eigenvalue weighted by Gasteiger charge is 2.30. The SMILES string of the molecule is CCC(CC)(CC)NC(=O)[C@@H]1CCCN1. The topological polar surface area (TPSA) is 41.1 Å². The Bertz CT molecular complexity index is 197. The van der Waals surface area contributed by atoms with Crippen LogP contribution in [-0.4, -0.2) is 24.0 Å². The summed E-state index contributed by atoms with van der Waals surface area (Å²) >= 11 is 0. The van der Waals surface area contributed by atoms with Crippen LogP contribution in [0.2, 0.25) is 0 Å². The number of amides is 1. The Morgan fingerprint density at radius 1 is 1.33 bits per heavy atom. The number of carbonyl (C=O) groups excluding carboxylic acids is 1. The lowest BCUT2D eigenvalue weighted by Gasteiger charge is -2.33. The number of rotatable bonds is 5. The van der Waals surface area contributed by atoms with Crippen molar-refractivity contribution in [1.82, 2.24) is 10.6 Å². The van der Waals surface area contributed by atoms with Crippen molar-refractivity contribution in [3.8, 4) is 0 Å². The summed E-state index contributed by atoms with van der Waals surface area (Å²) in [4.78, 5) is 12.0. The van der Waals surface area contributed by atoms with Crippen molar-refractivity contribution in [2.24, 2.45) is 0 Å². The first-order valence-corrected chi connectivity index (χ1v) is 6.23. The molecule has 88 valence electrons. The van der Waals surface area contributed by atoms with Gasteiger partial charge in [0.15, 0.2) is 0 Å². The summed E-state index contributed by atoms with van der Waals surface area (Å²) in [6.07, 6.45) is 5.14. The van der Waals surface area contributed by atoms with E-state index in [0.29, 0.717) is 0 Å². The largest absolute Gasteiger partial charge is 0.349 e. The Morgan fingerprint density at radius 2 is 1.93 bits per heavy atom. The van der Waals surface area contributed by atoms with Gasteiger partial charge in [0.05, 0.1) is 6.04 Å². The van der Waals surface area contributed by atoms with Crippen molar-refractivity contribution < 1.29 is 4.79 Å². The lowest BCUT2D eigenvalue weighted by Crippen LogP contribution is -2.52. The van der Waals surface area contributed by atoms with Crippen molar-refractivity contribution >= 4 is 5.91 Å². The van der Waals surface area contributed by atoms with Crippen molar-refractivity contribution in [2.75, 3.05) is 6.54 Å². The molecule has 1 aliphatic heterocycles. The van der Waals surface area contributed by atoms with Crippen LogP contribution in [0.4, 0.5) is 0 Å².